The van der Waals surface area contributed by atoms with Crippen LogP contribution in [0, 0.1) is 5.92 Å². The molecule has 0 aliphatic heterocycles. The van der Waals surface area contributed by atoms with Crippen LogP contribution in [-0.2, 0) is 17.9 Å². The van der Waals surface area contributed by atoms with E-state index in [4.69, 9.17) is 4.74 Å². The average molecular weight is 283 g/mol. The Morgan fingerprint density at radius 3 is 2.29 bits per heavy atom. The first-order valence-corrected chi connectivity index (χ1v) is 7.19. The van der Waals surface area contributed by atoms with E-state index in [1.807, 2.05) is 68.4 Å². The minimum Gasteiger partial charge on any atom is -0.489 e. The van der Waals surface area contributed by atoms with Gasteiger partial charge >= 0.3 is 0 Å². The van der Waals surface area contributed by atoms with Crippen LogP contribution >= 0.6 is 0 Å². The SMILES string of the molecule is CC(C)C(=O)NCc1ccccc1COc1ccccc1. The molecular formula is C18H21NO2. The number of para-hydroxylation sites is 1. The van der Waals surface area contributed by atoms with Gasteiger partial charge in [-0.25, -0.2) is 0 Å². The lowest BCUT2D eigenvalue weighted by atomic mass is 10.1. The Bertz CT molecular complexity index is 579. The fourth-order valence-electron chi connectivity index (χ4n) is 1.94. The molecule has 3 nitrogen and oxygen atoms in total. The fraction of sp³-hybridized carbons (Fsp3) is 0.278. The third kappa shape index (κ3) is 4.63. The van der Waals surface area contributed by atoms with E-state index in [0.29, 0.717) is 13.2 Å². The van der Waals surface area contributed by atoms with Gasteiger partial charge in [0.05, 0.1) is 0 Å². The van der Waals surface area contributed by atoms with Crippen LogP contribution in [0.15, 0.2) is 54.6 Å². The van der Waals surface area contributed by atoms with Crippen LogP contribution in [0.3, 0.4) is 0 Å². The lowest BCUT2D eigenvalue weighted by Gasteiger charge is -2.13. The molecule has 0 heterocycles. The van der Waals surface area contributed by atoms with Gasteiger partial charge < -0.3 is 10.1 Å². The van der Waals surface area contributed by atoms with E-state index >= 15 is 0 Å². The van der Waals surface area contributed by atoms with Crippen LogP contribution in [0.2, 0.25) is 0 Å². The first kappa shape index (κ1) is 15.1. The van der Waals surface area contributed by atoms with Crippen molar-refractivity contribution in [2.24, 2.45) is 5.92 Å². The molecule has 0 atom stereocenters. The molecule has 3 heteroatoms. The van der Waals surface area contributed by atoms with Crippen LogP contribution < -0.4 is 10.1 Å². The van der Waals surface area contributed by atoms with Crippen LogP contribution in [0.1, 0.15) is 25.0 Å². The molecule has 21 heavy (non-hydrogen) atoms. The largest absolute Gasteiger partial charge is 0.489 e. The van der Waals surface area contributed by atoms with E-state index in [9.17, 15) is 4.79 Å². The van der Waals surface area contributed by atoms with Crippen LogP contribution in [0.4, 0.5) is 0 Å². The molecule has 110 valence electrons. The summed E-state index contributed by atoms with van der Waals surface area (Å²) >= 11 is 0. The van der Waals surface area contributed by atoms with Gasteiger partial charge in [-0.2, -0.15) is 0 Å². The molecule has 1 amide bonds. The van der Waals surface area contributed by atoms with E-state index in [-0.39, 0.29) is 11.8 Å². The van der Waals surface area contributed by atoms with Gasteiger partial charge in [0.15, 0.2) is 0 Å². The summed E-state index contributed by atoms with van der Waals surface area (Å²) < 4.78 is 5.77. The topological polar surface area (TPSA) is 38.3 Å². The number of hydrogen-bond donors (Lipinski definition) is 1. The summed E-state index contributed by atoms with van der Waals surface area (Å²) in [5, 5.41) is 2.94. The molecular weight excluding hydrogens is 262 g/mol. The molecule has 2 aromatic carbocycles. The highest BCUT2D eigenvalue weighted by atomic mass is 16.5. The van der Waals surface area contributed by atoms with Crippen LogP contribution in [0.5, 0.6) is 5.75 Å². The van der Waals surface area contributed by atoms with Crippen molar-refractivity contribution in [1.29, 1.82) is 0 Å². The van der Waals surface area contributed by atoms with Gasteiger partial charge in [0.1, 0.15) is 12.4 Å². The quantitative estimate of drug-likeness (QED) is 0.880. The van der Waals surface area contributed by atoms with Crippen molar-refractivity contribution >= 4 is 5.91 Å². The molecule has 0 fully saturated rings. The minimum atomic E-state index is -0.00210. The number of carbonyl (C=O) groups excluding carboxylic acids is 1. The van der Waals surface area contributed by atoms with Crippen LogP contribution in [-0.4, -0.2) is 5.91 Å². The summed E-state index contributed by atoms with van der Waals surface area (Å²) in [6, 6.07) is 17.7. The monoisotopic (exact) mass is 283 g/mol. The summed E-state index contributed by atoms with van der Waals surface area (Å²) in [7, 11) is 0. The molecule has 1 N–H and O–H groups in total. The number of benzene rings is 2. The van der Waals surface area contributed by atoms with E-state index < -0.39 is 0 Å². The van der Waals surface area contributed by atoms with E-state index in [0.717, 1.165) is 16.9 Å². The van der Waals surface area contributed by atoms with Crippen molar-refractivity contribution in [1.82, 2.24) is 5.32 Å². The molecule has 0 radical (unpaired) electrons. The molecule has 0 aliphatic carbocycles. The lowest BCUT2D eigenvalue weighted by molar-refractivity contribution is -0.124. The molecule has 0 aliphatic rings. The molecule has 0 saturated carbocycles. The van der Waals surface area contributed by atoms with Gasteiger partial charge in [0.2, 0.25) is 5.91 Å². The van der Waals surface area contributed by atoms with Gasteiger partial charge in [-0.1, -0.05) is 56.3 Å². The number of ether oxygens (including phenoxy) is 1. The highest BCUT2D eigenvalue weighted by molar-refractivity contribution is 5.77. The summed E-state index contributed by atoms with van der Waals surface area (Å²) in [5.74, 6) is 0.907. The van der Waals surface area contributed by atoms with E-state index in [1.165, 1.54) is 0 Å². The molecule has 2 rings (SSSR count). The van der Waals surface area contributed by atoms with Crippen molar-refractivity contribution in [2.45, 2.75) is 27.0 Å². The highest BCUT2D eigenvalue weighted by Gasteiger charge is 2.08. The molecule has 0 spiro atoms. The highest BCUT2D eigenvalue weighted by Crippen LogP contribution is 2.14. The maximum atomic E-state index is 11.7. The second kappa shape index (κ2) is 7.48. The zero-order chi connectivity index (χ0) is 15.1. The van der Waals surface area contributed by atoms with Gasteiger partial charge in [0.25, 0.3) is 0 Å². The first-order valence-electron chi connectivity index (χ1n) is 7.19. The Morgan fingerprint density at radius 1 is 1.00 bits per heavy atom. The second-order valence-electron chi connectivity index (χ2n) is 5.24. The van der Waals surface area contributed by atoms with Crippen molar-refractivity contribution in [3.63, 3.8) is 0 Å². The molecule has 0 bridgehead atoms. The Balaban J connectivity index is 1.98. The predicted octanol–water partition coefficient (Wildman–Crippen LogP) is 3.54. The maximum Gasteiger partial charge on any atom is 0.222 e. The molecule has 0 unspecified atom stereocenters. The smallest absolute Gasteiger partial charge is 0.222 e. The Labute approximate surface area is 126 Å². The van der Waals surface area contributed by atoms with E-state index in [1.54, 1.807) is 0 Å². The van der Waals surface area contributed by atoms with Gasteiger partial charge in [-0.3, -0.25) is 4.79 Å². The van der Waals surface area contributed by atoms with Gasteiger partial charge in [0, 0.05) is 12.5 Å². The molecule has 0 saturated heterocycles. The van der Waals surface area contributed by atoms with Gasteiger partial charge in [-0.15, -0.1) is 0 Å². The van der Waals surface area contributed by atoms with Crippen molar-refractivity contribution < 1.29 is 9.53 Å². The molecule has 0 aromatic heterocycles. The number of carbonyl (C=O) groups is 1. The number of hydrogen-bond acceptors (Lipinski definition) is 2. The molecule has 2 aromatic rings. The minimum absolute atomic E-state index is 0.00210. The summed E-state index contributed by atoms with van der Waals surface area (Å²) in [5.41, 5.74) is 2.17. The number of amides is 1. The zero-order valence-corrected chi connectivity index (χ0v) is 12.5. The predicted molar refractivity (Wildman–Crippen MR) is 83.9 cm³/mol. The number of rotatable bonds is 6. The average Bonchev–Trinajstić information content (AvgIpc) is 2.52. The van der Waals surface area contributed by atoms with Gasteiger partial charge in [-0.05, 0) is 23.3 Å². The lowest BCUT2D eigenvalue weighted by Crippen LogP contribution is -2.27. The van der Waals surface area contributed by atoms with Crippen LogP contribution in [0.25, 0.3) is 0 Å². The van der Waals surface area contributed by atoms with Crippen molar-refractivity contribution in [2.75, 3.05) is 0 Å². The third-order valence-corrected chi connectivity index (χ3v) is 3.23. The van der Waals surface area contributed by atoms with E-state index in [2.05, 4.69) is 5.32 Å². The zero-order valence-electron chi connectivity index (χ0n) is 12.5. The Kier molecular flexibility index (Phi) is 5.38. The maximum absolute atomic E-state index is 11.7. The summed E-state index contributed by atoms with van der Waals surface area (Å²) in [6.07, 6.45) is 0. The van der Waals surface area contributed by atoms with Crippen molar-refractivity contribution in [3.8, 4) is 5.75 Å². The first-order chi connectivity index (χ1) is 10.2. The Hall–Kier alpha value is -2.29. The normalized spacial score (nSPS) is 10.4. The third-order valence-electron chi connectivity index (χ3n) is 3.23. The number of nitrogens with one attached hydrogen (secondary N) is 1. The summed E-state index contributed by atoms with van der Waals surface area (Å²) in [6.45, 7) is 4.81. The second-order valence-corrected chi connectivity index (χ2v) is 5.24. The Morgan fingerprint density at radius 2 is 1.62 bits per heavy atom. The standard InChI is InChI=1S/C18H21NO2/c1-14(2)18(20)19-12-15-8-6-7-9-16(15)13-21-17-10-4-3-5-11-17/h3-11,14H,12-13H2,1-2H3,(H,19,20). The fourth-order valence-corrected chi connectivity index (χ4v) is 1.94. The van der Waals surface area contributed by atoms with Crippen molar-refractivity contribution in [3.05, 3.63) is 65.7 Å². The summed E-state index contributed by atoms with van der Waals surface area (Å²) in [4.78, 5) is 11.7.